The summed E-state index contributed by atoms with van der Waals surface area (Å²) in [5.74, 6) is 3.44. The number of hydrogen-bond donors (Lipinski definition) is 1. The number of likely N-dealkylation sites (tertiary alicyclic amines) is 1. The summed E-state index contributed by atoms with van der Waals surface area (Å²) in [7, 11) is 1.97. The van der Waals surface area contributed by atoms with E-state index in [1.165, 1.54) is 6.08 Å². The van der Waals surface area contributed by atoms with Gasteiger partial charge in [-0.15, -0.1) is 0 Å². The highest BCUT2D eigenvalue weighted by Crippen LogP contribution is 2.35. The van der Waals surface area contributed by atoms with Crippen molar-refractivity contribution in [3.63, 3.8) is 0 Å². The molecule has 5 aromatic rings. The van der Waals surface area contributed by atoms with Crippen LogP contribution in [0.15, 0.2) is 73.8 Å². The normalized spacial score (nSPS) is 18.2. The van der Waals surface area contributed by atoms with E-state index in [4.69, 9.17) is 9.72 Å². The summed E-state index contributed by atoms with van der Waals surface area (Å²) in [4.78, 5) is 34.9. The number of pyridine rings is 1. The predicted molar refractivity (Wildman–Crippen MR) is 159 cm³/mol. The third-order valence-electron chi connectivity index (χ3n) is 8.16. The first kappa shape index (κ1) is 25.0. The van der Waals surface area contributed by atoms with Gasteiger partial charge in [-0.2, -0.15) is 0 Å². The summed E-state index contributed by atoms with van der Waals surface area (Å²) in [6.07, 6.45) is 5.76. The maximum Gasteiger partial charge on any atom is 0.246 e. The molecular formula is C31H30N8O2. The maximum atomic E-state index is 12.3. The number of nitrogens with one attached hydrogen (secondary N) is 1. The van der Waals surface area contributed by atoms with E-state index in [-0.39, 0.29) is 11.9 Å². The van der Waals surface area contributed by atoms with Crippen LogP contribution in [0.2, 0.25) is 0 Å². The Morgan fingerprint density at radius 1 is 1.07 bits per heavy atom. The lowest BCUT2D eigenvalue weighted by Gasteiger charge is -2.24. The second-order valence-corrected chi connectivity index (χ2v) is 10.7. The van der Waals surface area contributed by atoms with Crippen LogP contribution in [0.4, 0.5) is 17.3 Å². The molecule has 2 saturated heterocycles. The van der Waals surface area contributed by atoms with Gasteiger partial charge in [-0.05, 0) is 67.4 Å². The molecule has 1 amide bonds. The van der Waals surface area contributed by atoms with E-state index in [9.17, 15) is 4.79 Å². The molecule has 2 fully saturated rings. The average Bonchev–Trinajstić information content (AvgIpc) is 3.69. The van der Waals surface area contributed by atoms with Gasteiger partial charge in [0.05, 0.1) is 28.9 Å². The molecule has 2 aliphatic rings. The number of carbonyl (C=O) groups is 1. The minimum absolute atomic E-state index is 0.00619. The molecule has 2 aromatic carbocycles. The molecule has 0 saturated carbocycles. The predicted octanol–water partition coefficient (Wildman–Crippen LogP) is 4.98. The van der Waals surface area contributed by atoms with E-state index in [2.05, 4.69) is 31.7 Å². The van der Waals surface area contributed by atoms with Gasteiger partial charge in [0.25, 0.3) is 0 Å². The summed E-state index contributed by atoms with van der Waals surface area (Å²) >= 11 is 0. The fourth-order valence-corrected chi connectivity index (χ4v) is 6.02. The molecule has 41 heavy (non-hydrogen) atoms. The Morgan fingerprint density at radius 3 is 2.83 bits per heavy atom. The van der Waals surface area contributed by atoms with Gasteiger partial charge in [-0.3, -0.25) is 4.79 Å². The number of aromatic nitrogens is 5. The number of imidazole rings is 1. The van der Waals surface area contributed by atoms with Crippen LogP contribution in [-0.2, 0) is 11.8 Å². The van der Waals surface area contributed by atoms with Gasteiger partial charge in [0.1, 0.15) is 29.2 Å². The van der Waals surface area contributed by atoms with E-state index in [1.807, 2.05) is 72.0 Å². The minimum atomic E-state index is 0.00619. The zero-order valence-corrected chi connectivity index (χ0v) is 23.0. The van der Waals surface area contributed by atoms with Gasteiger partial charge in [0.15, 0.2) is 5.82 Å². The molecule has 0 aliphatic carbocycles. The molecule has 2 atom stereocenters. The number of fused-ring (bicyclic) bond motifs is 3. The molecule has 7 rings (SSSR count). The van der Waals surface area contributed by atoms with Crippen LogP contribution in [-0.4, -0.2) is 61.0 Å². The van der Waals surface area contributed by atoms with E-state index in [0.29, 0.717) is 17.3 Å². The Hall–Kier alpha value is -4.99. The Labute approximate surface area is 237 Å². The first-order valence-corrected chi connectivity index (χ1v) is 13.7. The summed E-state index contributed by atoms with van der Waals surface area (Å²) in [6.45, 7) is 8.10. The smallest absolute Gasteiger partial charge is 0.246 e. The van der Waals surface area contributed by atoms with Crippen molar-refractivity contribution in [3.8, 4) is 11.5 Å². The van der Waals surface area contributed by atoms with E-state index < -0.39 is 0 Å². The van der Waals surface area contributed by atoms with Gasteiger partial charge < -0.3 is 24.4 Å². The summed E-state index contributed by atoms with van der Waals surface area (Å²) < 4.78 is 8.17. The van der Waals surface area contributed by atoms with Gasteiger partial charge in [-0.25, -0.2) is 19.9 Å². The van der Waals surface area contributed by atoms with Crippen LogP contribution in [0.25, 0.3) is 22.1 Å². The van der Waals surface area contributed by atoms with Crippen LogP contribution < -0.4 is 15.0 Å². The van der Waals surface area contributed by atoms with Crippen LogP contribution >= 0.6 is 0 Å². The molecule has 10 nitrogen and oxygen atoms in total. The van der Waals surface area contributed by atoms with Crippen LogP contribution in [0.1, 0.15) is 12.0 Å². The highest BCUT2D eigenvalue weighted by Gasteiger charge is 2.43. The van der Waals surface area contributed by atoms with E-state index in [1.54, 1.807) is 12.7 Å². The third-order valence-corrected chi connectivity index (χ3v) is 8.16. The number of hydrogen-bond acceptors (Lipinski definition) is 8. The highest BCUT2D eigenvalue weighted by molar-refractivity contribution is 5.89. The lowest BCUT2D eigenvalue weighted by molar-refractivity contribution is -0.126. The summed E-state index contributed by atoms with van der Waals surface area (Å²) in [6, 6.07) is 16.0. The van der Waals surface area contributed by atoms with Gasteiger partial charge in [0.2, 0.25) is 5.91 Å². The Bertz CT molecular complexity index is 1820. The number of rotatable bonds is 6. The number of aryl methyl sites for hydroxylation is 2. The SMILES string of the molecule is C=CC(=O)N1CCC2CN(c3ccc4ncnc(Nc5ccc(Oc6ccc7c(c6)ncn7C)c(C)c5)c4n3)C[C@H]21. The number of ether oxygens (including phenoxy) is 1. The Kier molecular flexibility index (Phi) is 6.03. The van der Waals surface area contributed by atoms with Crippen molar-refractivity contribution in [2.45, 2.75) is 19.4 Å². The third kappa shape index (κ3) is 4.51. The quantitative estimate of drug-likeness (QED) is 0.298. The minimum Gasteiger partial charge on any atom is -0.457 e. The topological polar surface area (TPSA) is 101 Å². The van der Waals surface area contributed by atoms with Crippen LogP contribution in [0.3, 0.4) is 0 Å². The molecule has 3 aromatic heterocycles. The Balaban J connectivity index is 1.11. The molecule has 2 aliphatic heterocycles. The summed E-state index contributed by atoms with van der Waals surface area (Å²) in [5, 5.41) is 3.43. The largest absolute Gasteiger partial charge is 0.457 e. The lowest BCUT2D eigenvalue weighted by Crippen LogP contribution is -2.38. The fraction of sp³-hybridized carbons (Fsp3) is 0.258. The molecule has 1 unspecified atom stereocenters. The second kappa shape index (κ2) is 9.88. The van der Waals surface area contributed by atoms with Crippen molar-refractivity contribution in [2.75, 3.05) is 29.9 Å². The van der Waals surface area contributed by atoms with Crippen molar-refractivity contribution in [1.29, 1.82) is 0 Å². The number of benzene rings is 2. The van der Waals surface area contributed by atoms with Gasteiger partial charge in [-0.1, -0.05) is 6.58 Å². The molecule has 206 valence electrons. The number of anilines is 3. The standard InChI is InChI=1S/C31H30N8O2/c1-4-29(40)39-12-11-20-15-38(16-26(20)39)28-10-7-23-30(36-28)31(33-17-32-23)35-21-5-9-27(19(2)13-21)41-22-6-8-25-24(14-22)34-18-37(25)3/h4-10,13-14,17-18,20,26H,1,11-12,15-16H2,2-3H3,(H,32,33,35)/t20?,26-/m1/s1. The molecule has 5 heterocycles. The monoisotopic (exact) mass is 546 g/mol. The molecule has 0 bridgehead atoms. The maximum absolute atomic E-state index is 12.3. The molecular weight excluding hydrogens is 516 g/mol. The van der Waals surface area contributed by atoms with Crippen molar-refractivity contribution >= 4 is 45.3 Å². The van der Waals surface area contributed by atoms with Crippen LogP contribution in [0, 0.1) is 12.8 Å². The molecule has 1 N–H and O–H groups in total. The number of amides is 1. The average molecular weight is 547 g/mol. The van der Waals surface area contributed by atoms with E-state index >= 15 is 0 Å². The van der Waals surface area contributed by atoms with Gasteiger partial charge in [0, 0.05) is 44.4 Å². The highest BCUT2D eigenvalue weighted by atomic mass is 16.5. The van der Waals surface area contributed by atoms with E-state index in [0.717, 1.165) is 71.2 Å². The fourth-order valence-electron chi connectivity index (χ4n) is 6.02. The zero-order valence-electron chi connectivity index (χ0n) is 23.0. The lowest BCUT2D eigenvalue weighted by atomic mass is 10.1. The van der Waals surface area contributed by atoms with Crippen molar-refractivity contribution < 1.29 is 9.53 Å². The van der Waals surface area contributed by atoms with Crippen LogP contribution in [0.5, 0.6) is 11.5 Å². The van der Waals surface area contributed by atoms with Gasteiger partial charge >= 0.3 is 0 Å². The molecule has 10 heteroatoms. The summed E-state index contributed by atoms with van der Waals surface area (Å²) in [5.41, 5.74) is 5.25. The first-order chi connectivity index (χ1) is 20.0. The molecule has 0 radical (unpaired) electrons. The zero-order chi connectivity index (χ0) is 28.1. The number of nitrogens with zero attached hydrogens (tertiary/aromatic N) is 7. The first-order valence-electron chi connectivity index (χ1n) is 13.7. The Morgan fingerprint density at radius 2 is 1.98 bits per heavy atom. The second-order valence-electron chi connectivity index (χ2n) is 10.7. The van der Waals surface area contributed by atoms with Crippen molar-refractivity contribution in [1.82, 2.24) is 29.4 Å². The molecule has 0 spiro atoms. The van der Waals surface area contributed by atoms with Crippen molar-refractivity contribution in [3.05, 3.63) is 79.4 Å². The number of carbonyl (C=O) groups excluding carboxylic acids is 1. The van der Waals surface area contributed by atoms with Crippen molar-refractivity contribution in [2.24, 2.45) is 13.0 Å².